The van der Waals surface area contributed by atoms with E-state index in [2.05, 4.69) is 4.99 Å². The van der Waals surface area contributed by atoms with Crippen LogP contribution < -0.4 is 4.74 Å². The zero-order chi connectivity index (χ0) is 18.4. The lowest BCUT2D eigenvalue weighted by Gasteiger charge is -2.06. The van der Waals surface area contributed by atoms with Crippen molar-refractivity contribution in [3.63, 3.8) is 0 Å². The number of carbonyl (C=O) groups is 1. The number of benzene rings is 3. The van der Waals surface area contributed by atoms with Gasteiger partial charge in [0.05, 0.1) is 11.3 Å². The molecule has 3 aromatic rings. The molecule has 0 spiro atoms. The minimum Gasteiger partial charge on any atom is -0.489 e. The largest absolute Gasteiger partial charge is 0.489 e. The second kappa shape index (κ2) is 8.07. The molecule has 26 heavy (non-hydrogen) atoms. The number of ether oxygens (including phenoxy) is 1. The van der Waals surface area contributed by atoms with Gasteiger partial charge < -0.3 is 9.84 Å². The van der Waals surface area contributed by atoms with E-state index in [1.807, 2.05) is 24.3 Å². The van der Waals surface area contributed by atoms with Crippen molar-refractivity contribution in [1.29, 1.82) is 0 Å². The Morgan fingerprint density at radius 2 is 1.62 bits per heavy atom. The number of rotatable bonds is 6. The Kier molecular flexibility index (Phi) is 5.39. The molecule has 0 saturated carbocycles. The highest BCUT2D eigenvalue weighted by Gasteiger charge is 2.01. The van der Waals surface area contributed by atoms with Gasteiger partial charge in [-0.3, -0.25) is 4.99 Å². The van der Waals surface area contributed by atoms with E-state index < -0.39 is 5.97 Å². The average Bonchev–Trinajstić information content (AvgIpc) is 2.67. The van der Waals surface area contributed by atoms with E-state index in [1.165, 1.54) is 24.3 Å². The lowest BCUT2D eigenvalue weighted by atomic mass is 10.2. The van der Waals surface area contributed by atoms with Gasteiger partial charge in [-0.15, -0.1) is 0 Å². The van der Waals surface area contributed by atoms with Crippen molar-refractivity contribution in [3.05, 3.63) is 95.3 Å². The molecule has 0 atom stereocenters. The summed E-state index contributed by atoms with van der Waals surface area (Å²) in [5.74, 6) is -0.524. The van der Waals surface area contributed by atoms with Crippen molar-refractivity contribution in [2.24, 2.45) is 4.99 Å². The molecule has 5 heteroatoms. The third-order valence-corrected chi connectivity index (χ3v) is 3.68. The molecule has 0 bridgehead atoms. The molecular formula is C21H16FNO3. The maximum atomic E-state index is 12.9. The van der Waals surface area contributed by atoms with Gasteiger partial charge in [0.15, 0.2) is 0 Å². The molecule has 0 radical (unpaired) electrons. The number of carboxylic acids is 1. The van der Waals surface area contributed by atoms with Crippen molar-refractivity contribution in [1.82, 2.24) is 0 Å². The summed E-state index contributed by atoms with van der Waals surface area (Å²) in [7, 11) is 0. The van der Waals surface area contributed by atoms with Gasteiger partial charge in [-0.2, -0.15) is 0 Å². The number of halogens is 1. The zero-order valence-corrected chi connectivity index (χ0v) is 13.8. The minimum atomic E-state index is -0.961. The number of carboxylic acid groups (broad SMARTS) is 1. The SMILES string of the molecule is O=C(O)c1ccc(N=Cc2ccc(OCc3ccc(F)cc3)cc2)cc1. The molecular weight excluding hydrogens is 333 g/mol. The Morgan fingerprint density at radius 1 is 0.962 bits per heavy atom. The van der Waals surface area contributed by atoms with Crippen LogP contribution in [0.3, 0.4) is 0 Å². The van der Waals surface area contributed by atoms with Gasteiger partial charge in [-0.05, 0) is 71.8 Å². The minimum absolute atomic E-state index is 0.228. The summed E-state index contributed by atoms with van der Waals surface area (Å²) >= 11 is 0. The van der Waals surface area contributed by atoms with Crippen LogP contribution in [0.1, 0.15) is 21.5 Å². The van der Waals surface area contributed by atoms with Crippen LogP contribution in [0.25, 0.3) is 0 Å². The highest BCUT2D eigenvalue weighted by molar-refractivity contribution is 5.88. The summed E-state index contributed by atoms with van der Waals surface area (Å²) in [5, 5.41) is 8.87. The van der Waals surface area contributed by atoms with Crippen molar-refractivity contribution in [2.75, 3.05) is 0 Å². The predicted octanol–water partition coefficient (Wildman–Crippen LogP) is 4.85. The van der Waals surface area contributed by atoms with Gasteiger partial charge in [0.1, 0.15) is 18.2 Å². The smallest absolute Gasteiger partial charge is 0.335 e. The lowest BCUT2D eigenvalue weighted by Crippen LogP contribution is -1.95. The molecule has 0 aliphatic carbocycles. The van der Waals surface area contributed by atoms with Crippen molar-refractivity contribution in [3.8, 4) is 5.75 Å². The topological polar surface area (TPSA) is 58.9 Å². The van der Waals surface area contributed by atoms with Crippen LogP contribution in [0.5, 0.6) is 5.75 Å². The maximum absolute atomic E-state index is 12.9. The van der Waals surface area contributed by atoms with Gasteiger partial charge in [-0.1, -0.05) is 12.1 Å². The van der Waals surface area contributed by atoms with Crippen LogP contribution in [0.2, 0.25) is 0 Å². The summed E-state index contributed by atoms with van der Waals surface area (Å²) in [6.45, 7) is 0.365. The molecule has 0 amide bonds. The molecule has 0 fully saturated rings. The molecule has 1 N–H and O–H groups in total. The second-order valence-corrected chi connectivity index (χ2v) is 5.59. The van der Waals surface area contributed by atoms with Gasteiger partial charge in [0.2, 0.25) is 0 Å². The fourth-order valence-electron chi connectivity index (χ4n) is 2.24. The van der Waals surface area contributed by atoms with E-state index in [4.69, 9.17) is 9.84 Å². The summed E-state index contributed by atoms with van der Waals surface area (Å²) < 4.78 is 18.5. The average molecular weight is 349 g/mol. The first kappa shape index (κ1) is 17.4. The van der Waals surface area contributed by atoms with Gasteiger partial charge in [-0.25, -0.2) is 9.18 Å². The molecule has 4 nitrogen and oxygen atoms in total. The standard InChI is InChI=1S/C21H16FNO3/c22-18-7-1-16(2-8-18)14-26-20-11-3-15(4-12-20)13-23-19-9-5-17(6-10-19)21(24)25/h1-13H,14H2,(H,24,25). The summed E-state index contributed by atoms with van der Waals surface area (Å²) in [5.41, 5.74) is 2.68. The Morgan fingerprint density at radius 3 is 2.23 bits per heavy atom. The van der Waals surface area contributed by atoms with E-state index in [-0.39, 0.29) is 11.4 Å². The highest BCUT2D eigenvalue weighted by Crippen LogP contribution is 2.16. The first-order chi connectivity index (χ1) is 12.6. The predicted molar refractivity (Wildman–Crippen MR) is 97.8 cm³/mol. The number of hydrogen-bond donors (Lipinski definition) is 1. The molecule has 0 heterocycles. The summed E-state index contributed by atoms with van der Waals surface area (Å²) in [6, 6.07) is 19.9. The Hall–Kier alpha value is -3.47. The van der Waals surface area contributed by atoms with Crippen LogP contribution in [-0.2, 0) is 6.61 Å². The summed E-state index contributed by atoms with van der Waals surface area (Å²) in [6.07, 6.45) is 1.69. The monoisotopic (exact) mass is 349 g/mol. The normalized spacial score (nSPS) is 10.8. The molecule has 0 aliphatic rings. The first-order valence-electron chi connectivity index (χ1n) is 7.95. The van der Waals surface area contributed by atoms with E-state index in [0.717, 1.165) is 11.1 Å². The Balaban J connectivity index is 1.58. The number of aliphatic imine (C=N–C) groups is 1. The molecule has 0 unspecified atom stereocenters. The maximum Gasteiger partial charge on any atom is 0.335 e. The molecule has 0 aromatic heterocycles. The highest BCUT2D eigenvalue weighted by atomic mass is 19.1. The third kappa shape index (κ3) is 4.77. The fraction of sp³-hybridized carbons (Fsp3) is 0.0476. The Labute approximate surface area is 150 Å². The number of nitrogens with zero attached hydrogens (tertiary/aromatic N) is 1. The first-order valence-corrected chi connectivity index (χ1v) is 7.95. The molecule has 0 aliphatic heterocycles. The van der Waals surface area contributed by atoms with Crippen LogP contribution in [-0.4, -0.2) is 17.3 Å². The number of aromatic carboxylic acids is 1. The van der Waals surface area contributed by atoms with E-state index in [0.29, 0.717) is 18.0 Å². The van der Waals surface area contributed by atoms with E-state index in [1.54, 1.807) is 30.5 Å². The van der Waals surface area contributed by atoms with E-state index in [9.17, 15) is 9.18 Å². The lowest BCUT2D eigenvalue weighted by molar-refractivity contribution is 0.0697. The quantitative estimate of drug-likeness (QED) is 0.647. The van der Waals surface area contributed by atoms with Crippen molar-refractivity contribution < 1.29 is 19.0 Å². The van der Waals surface area contributed by atoms with Gasteiger partial charge >= 0.3 is 5.97 Å². The van der Waals surface area contributed by atoms with Gasteiger partial charge in [0, 0.05) is 6.21 Å². The molecule has 130 valence electrons. The van der Waals surface area contributed by atoms with Crippen LogP contribution >= 0.6 is 0 Å². The summed E-state index contributed by atoms with van der Waals surface area (Å²) in [4.78, 5) is 15.1. The fourth-order valence-corrected chi connectivity index (χ4v) is 2.24. The van der Waals surface area contributed by atoms with Gasteiger partial charge in [0.25, 0.3) is 0 Å². The van der Waals surface area contributed by atoms with Crippen molar-refractivity contribution in [2.45, 2.75) is 6.61 Å². The van der Waals surface area contributed by atoms with E-state index >= 15 is 0 Å². The molecule has 0 saturated heterocycles. The van der Waals surface area contributed by atoms with Crippen LogP contribution in [0.4, 0.5) is 10.1 Å². The second-order valence-electron chi connectivity index (χ2n) is 5.59. The molecule has 3 aromatic carbocycles. The third-order valence-electron chi connectivity index (χ3n) is 3.68. The number of hydrogen-bond acceptors (Lipinski definition) is 3. The van der Waals surface area contributed by atoms with Crippen LogP contribution in [0.15, 0.2) is 77.8 Å². The van der Waals surface area contributed by atoms with Crippen LogP contribution in [0, 0.1) is 5.82 Å². The zero-order valence-electron chi connectivity index (χ0n) is 13.8. The Bertz CT molecular complexity index is 901. The van der Waals surface area contributed by atoms with Crippen molar-refractivity contribution >= 4 is 17.9 Å². The molecule has 3 rings (SSSR count).